The molecule has 1 aromatic heterocycles. The summed E-state index contributed by atoms with van der Waals surface area (Å²) in [6, 6.07) is 0.533. The van der Waals surface area contributed by atoms with Crippen LogP contribution in [0.25, 0.3) is 0 Å². The first-order chi connectivity index (χ1) is 9.74. The van der Waals surface area contributed by atoms with Crippen molar-refractivity contribution in [3.63, 3.8) is 0 Å². The quantitative estimate of drug-likeness (QED) is 0.736. The largest absolute Gasteiger partial charge is 0.353 e. The highest BCUT2D eigenvalue weighted by molar-refractivity contribution is 4.89. The van der Waals surface area contributed by atoms with Crippen molar-refractivity contribution in [1.82, 2.24) is 20.3 Å². The Bertz CT molecular complexity index is 375. The number of aromatic nitrogens is 3. The molecule has 0 aliphatic carbocycles. The molecule has 6 heteroatoms. The van der Waals surface area contributed by atoms with Gasteiger partial charge in [-0.2, -0.15) is 0 Å². The molecule has 0 spiro atoms. The third-order valence-corrected chi connectivity index (χ3v) is 3.26. The van der Waals surface area contributed by atoms with Gasteiger partial charge >= 0.3 is 0 Å². The first-order valence-electron chi connectivity index (χ1n) is 7.59. The summed E-state index contributed by atoms with van der Waals surface area (Å²) >= 11 is 0. The van der Waals surface area contributed by atoms with Crippen molar-refractivity contribution in [2.24, 2.45) is 0 Å². The Morgan fingerprint density at radius 1 is 1.50 bits per heavy atom. The molecule has 0 radical (unpaired) electrons. The molecule has 0 bridgehead atoms. The van der Waals surface area contributed by atoms with E-state index in [1.165, 1.54) is 6.42 Å². The summed E-state index contributed by atoms with van der Waals surface area (Å²) in [6.45, 7) is 7.47. The van der Waals surface area contributed by atoms with Crippen molar-refractivity contribution in [3.8, 4) is 0 Å². The number of rotatable bonds is 8. The lowest BCUT2D eigenvalue weighted by Gasteiger charge is -2.22. The van der Waals surface area contributed by atoms with Gasteiger partial charge in [0.05, 0.1) is 12.8 Å². The first kappa shape index (κ1) is 15.4. The van der Waals surface area contributed by atoms with Gasteiger partial charge < -0.3 is 14.8 Å². The molecule has 0 aromatic carbocycles. The summed E-state index contributed by atoms with van der Waals surface area (Å²) in [6.07, 6.45) is 6.24. The zero-order valence-electron chi connectivity index (χ0n) is 12.5. The number of hydrogen-bond donors (Lipinski definition) is 1. The predicted octanol–water partition coefficient (Wildman–Crippen LogP) is 1.71. The minimum atomic E-state index is -0.0656. The van der Waals surface area contributed by atoms with Gasteiger partial charge in [0, 0.05) is 19.2 Å². The van der Waals surface area contributed by atoms with E-state index in [1.54, 1.807) is 0 Å². The van der Waals surface area contributed by atoms with Gasteiger partial charge in [-0.25, -0.2) is 0 Å². The summed E-state index contributed by atoms with van der Waals surface area (Å²) in [5.74, 6) is 0. The molecule has 1 saturated heterocycles. The third kappa shape index (κ3) is 5.56. The molecule has 1 atom stereocenters. The van der Waals surface area contributed by atoms with Crippen LogP contribution in [-0.4, -0.2) is 40.5 Å². The van der Waals surface area contributed by atoms with Gasteiger partial charge in [-0.15, -0.1) is 5.10 Å². The number of ether oxygens (including phenoxy) is 2. The van der Waals surface area contributed by atoms with Gasteiger partial charge in [-0.3, -0.25) is 4.68 Å². The molecule has 2 rings (SSSR count). The summed E-state index contributed by atoms with van der Waals surface area (Å²) < 4.78 is 13.1. The van der Waals surface area contributed by atoms with E-state index in [4.69, 9.17) is 9.47 Å². The normalized spacial score (nSPS) is 19.6. The van der Waals surface area contributed by atoms with Crippen molar-refractivity contribution >= 4 is 0 Å². The molecule has 1 aromatic rings. The number of nitrogens with one attached hydrogen (secondary N) is 1. The van der Waals surface area contributed by atoms with Crippen LogP contribution in [0.5, 0.6) is 0 Å². The average Bonchev–Trinajstić information content (AvgIpc) is 2.90. The second-order valence-electron chi connectivity index (χ2n) is 5.54. The Morgan fingerprint density at radius 2 is 2.40 bits per heavy atom. The van der Waals surface area contributed by atoms with E-state index in [1.807, 2.05) is 10.9 Å². The average molecular weight is 282 g/mol. The molecule has 1 fully saturated rings. The minimum absolute atomic E-state index is 0.0656. The Kier molecular flexibility index (Phi) is 6.42. The standard InChI is InChI=1S/C14H26N4O2/c1-12(2)15-7-5-8-18-10-13(16-17-18)11-20-14-6-3-4-9-19-14/h10,12,14-15H,3-9,11H2,1-2H3. The van der Waals surface area contributed by atoms with Crippen LogP contribution in [0.2, 0.25) is 0 Å². The van der Waals surface area contributed by atoms with Gasteiger partial charge in [0.1, 0.15) is 5.69 Å². The van der Waals surface area contributed by atoms with Crippen molar-refractivity contribution in [3.05, 3.63) is 11.9 Å². The highest BCUT2D eigenvalue weighted by Crippen LogP contribution is 2.14. The highest BCUT2D eigenvalue weighted by atomic mass is 16.7. The molecule has 0 amide bonds. The molecule has 1 unspecified atom stereocenters. The molecular weight excluding hydrogens is 256 g/mol. The summed E-state index contributed by atoms with van der Waals surface area (Å²) in [4.78, 5) is 0. The highest BCUT2D eigenvalue weighted by Gasteiger charge is 2.14. The summed E-state index contributed by atoms with van der Waals surface area (Å²) in [7, 11) is 0. The fourth-order valence-corrected chi connectivity index (χ4v) is 2.17. The SMILES string of the molecule is CC(C)NCCCn1cc(COC2CCCCO2)nn1. The monoisotopic (exact) mass is 282 g/mol. The second-order valence-corrected chi connectivity index (χ2v) is 5.54. The molecule has 1 N–H and O–H groups in total. The first-order valence-corrected chi connectivity index (χ1v) is 7.59. The van der Waals surface area contributed by atoms with E-state index in [-0.39, 0.29) is 6.29 Å². The van der Waals surface area contributed by atoms with Crippen molar-refractivity contribution in [2.45, 2.75) is 65.0 Å². The maximum absolute atomic E-state index is 5.69. The van der Waals surface area contributed by atoms with Gasteiger partial charge in [-0.05, 0) is 32.2 Å². The maximum Gasteiger partial charge on any atom is 0.158 e. The van der Waals surface area contributed by atoms with E-state index in [2.05, 4.69) is 29.5 Å². The lowest BCUT2D eigenvalue weighted by molar-refractivity contribution is -0.169. The molecule has 6 nitrogen and oxygen atoms in total. The van der Waals surface area contributed by atoms with Crippen molar-refractivity contribution < 1.29 is 9.47 Å². The Balaban J connectivity index is 1.63. The second kappa shape index (κ2) is 8.34. The van der Waals surface area contributed by atoms with E-state index >= 15 is 0 Å². The zero-order chi connectivity index (χ0) is 14.2. The Hall–Kier alpha value is -0.980. The van der Waals surface area contributed by atoms with E-state index in [0.717, 1.165) is 44.7 Å². The van der Waals surface area contributed by atoms with Crippen molar-refractivity contribution in [2.75, 3.05) is 13.2 Å². The van der Waals surface area contributed by atoms with E-state index < -0.39 is 0 Å². The van der Waals surface area contributed by atoms with Crippen molar-refractivity contribution in [1.29, 1.82) is 0 Å². The molecule has 114 valence electrons. The molecule has 1 aliphatic heterocycles. The topological polar surface area (TPSA) is 61.2 Å². The molecule has 20 heavy (non-hydrogen) atoms. The molecule has 2 heterocycles. The van der Waals surface area contributed by atoms with E-state index in [0.29, 0.717) is 12.6 Å². The molecule has 1 aliphatic rings. The van der Waals surface area contributed by atoms with E-state index in [9.17, 15) is 0 Å². The zero-order valence-corrected chi connectivity index (χ0v) is 12.5. The molecule has 0 saturated carbocycles. The Labute approximate surface area is 120 Å². The third-order valence-electron chi connectivity index (χ3n) is 3.26. The fourth-order valence-electron chi connectivity index (χ4n) is 2.17. The molecular formula is C14H26N4O2. The van der Waals surface area contributed by atoms with Crippen LogP contribution in [0.3, 0.4) is 0 Å². The van der Waals surface area contributed by atoms with Crippen LogP contribution in [0.15, 0.2) is 6.20 Å². The number of hydrogen-bond acceptors (Lipinski definition) is 5. The lowest BCUT2D eigenvalue weighted by atomic mass is 10.2. The van der Waals surface area contributed by atoms with Crippen LogP contribution in [0.4, 0.5) is 0 Å². The van der Waals surface area contributed by atoms with Gasteiger partial charge in [0.25, 0.3) is 0 Å². The number of aryl methyl sites for hydroxylation is 1. The summed E-state index contributed by atoms with van der Waals surface area (Å²) in [5.41, 5.74) is 0.871. The fraction of sp³-hybridized carbons (Fsp3) is 0.857. The van der Waals surface area contributed by atoms with Crippen LogP contribution >= 0.6 is 0 Å². The van der Waals surface area contributed by atoms with Gasteiger partial charge in [-0.1, -0.05) is 19.1 Å². The minimum Gasteiger partial charge on any atom is -0.353 e. The van der Waals surface area contributed by atoms with Crippen LogP contribution in [0, 0.1) is 0 Å². The Morgan fingerprint density at radius 3 is 3.15 bits per heavy atom. The number of nitrogens with zero attached hydrogens (tertiary/aromatic N) is 3. The lowest BCUT2D eigenvalue weighted by Crippen LogP contribution is -2.24. The van der Waals surface area contributed by atoms with Gasteiger partial charge in [0.2, 0.25) is 0 Å². The van der Waals surface area contributed by atoms with Gasteiger partial charge in [0.15, 0.2) is 6.29 Å². The smallest absolute Gasteiger partial charge is 0.158 e. The van der Waals surface area contributed by atoms with Crippen LogP contribution in [-0.2, 0) is 22.6 Å². The predicted molar refractivity (Wildman–Crippen MR) is 76.2 cm³/mol. The summed E-state index contributed by atoms with van der Waals surface area (Å²) in [5, 5.41) is 11.6. The van der Waals surface area contributed by atoms with Crippen LogP contribution in [0.1, 0.15) is 45.2 Å². The maximum atomic E-state index is 5.69. The van der Waals surface area contributed by atoms with Crippen LogP contribution < -0.4 is 5.32 Å².